The number of benzene rings is 1. The molecule has 0 heterocycles. The molecular formula is C10H13F2NOS. The number of hydrogen-bond acceptors (Lipinski definition) is 2. The van der Waals surface area contributed by atoms with Gasteiger partial charge in [0.25, 0.3) is 0 Å². The highest BCUT2D eigenvalue weighted by molar-refractivity contribution is 7.84. The third-order valence-corrected chi connectivity index (χ3v) is 2.66. The Labute approximate surface area is 90.1 Å². The van der Waals surface area contributed by atoms with E-state index in [4.69, 9.17) is 0 Å². The van der Waals surface area contributed by atoms with Crippen molar-refractivity contribution in [2.75, 3.05) is 18.6 Å². The van der Waals surface area contributed by atoms with E-state index < -0.39 is 22.4 Å². The Balaban J connectivity index is 2.38. The van der Waals surface area contributed by atoms with Crippen LogP contribution in [0, 0.1) is 11.6 Å². The average Bonchev–Trinajstić information content (AvgIpc) is 2.18. The summed E-state index contributed by atoms with van der Waals surface area (Å²) in [5.74, 6) is -1.12. The van der Waals surface area contributed by atoms with Crippen LogP contribution in [0.5, 0.6) is 0 Å². The van der Waals surface area contributed by atoms with Crippen molar-refractivity contribution in [1.29, 1.82) is 0 Å². The van der Waals surface area contributed by atoms with E-state index in [1.54, 1.807) is 6.26 Å². The second-order valence-electron chi connectivity index (χ2n) is 3.20. The average molecular weight is 233 g/mol. The summed E-state index contributed by atoms with van der Waals surface area (Å²) in [6, 6.07) is 3.78. The molecule has 1 unspecified atom stereocenters. The van der Waals surface area contributed by atoms with Crippen molar-refractivity contribution in [3.05, 3.63) is 35.4 Å². The Morgan fingerprint density at radius 2 is 2.07 bits per heavy atom. The van der Waals surface area contributed by atoms with E-state index in [0.717, 1.165) is 12.1 Å². The standard InChI is InChI=1S/C10H13F2NOS/c1-15(14)5-4-13-7-8-2-3-9(11)10(12)6-8/h2-3,6,13H,4-5,7H2,1H3. The van der Waals surface area contributed by atoms with E-state index in [1.165, 1.54) is 6.07 Å². The van der Waals surface area contributed by atoms with Gasteiger partial charge >= 0.3 is 0 Å². The lowest BCUT2D eigenvalue weighted by Gasteiger charge is -2.04. The molecule has 0 spiro atoms. The number of rotatable bonds is 5. The Bertz CT molecular complexity index is 357. The van der Waals surface area contributed by atoms with E-state index in [1.807, 2.05) is 0 Å². The summed E-state index contributed by atoms with van der Waals surface area (Å²) in [4.78, 5) is 0. The van der Waals surface area contributed by atoms with E-state index in [2.05, 4.69) is 5.32 Å². The van der Waals surface area contributed by atoms with Gasteiger partial charge in [-0.15, -0.1) is 0 Å². The molecule has 0 amide bonds. The van der Waals surface area contributed by atoms with Crippen molar-refractivity contribution in [1.82, 2.24) is 5.32 Å². The van der Waals surface area contributed by atoms with Crippen LogP contribution in [0.25, 0.3) is 0 Å². The first-order valence-corrected chi connectivity index (χ1v) is 6.27. The summed E-state index contributed by atoms with van der Waals surface area (Å²) >= 11 is 0. The molecule has 1 aromatic rings. The molecule has 84 valence electrons. The fourth-order valence-corrected chi connectivity index (χ4v) is 1.53. The fraction of sp³-hybridized carbons (Fsp3) is 0.400. The topological polar surface area (TPSA) is 29.1 Å². The van der Waals surface area contributed by atoms with E-state index in [9.17, 15) is 13.0 Å². The predicted molar refractivity (Wildman–Crippen MR) is 57.0 cm³/mol. The first-order valence-electron chi connectivity index (χ1n) is 4.54. The number of nitrogens with one attached hydrogen (secondary N) is 1. The zero-order chi connectivity index (χ0) is 11.3. The normalized spacial score (nSPS) is 12.7. The van der Waals surface area contributed by atoms with Gasteiger partial charge in [-0.25, -0.2) is 8.78 Å². The lowest BCUT2D eigenvalue weighted by Crippen LogP contribution is -2.19. The van der Waals surface area contributed by atoms with Gasteiger partial charge in [0.05, 0.1) is 0 Å². The third kappa shape index (κ3) is 4.48. The summed E-state index contributed by atoms with van der Waals surface area (Å²) in [6.07, 6.45) is 1.62. The van der Waals surface area contributed by atoms with Crippen LogP contribution in [0.2, 0.25) is 0 Å². The maximum absolute atomic E-state index is 12.8. The highest BCUT2D eigenvalue weighted by Crippen LogP contribution is 2.08. The molecule has 0 aliphatic heterocycles. The van der Waals surface area contributed by atoms with Crippen LogP contribution in [-0.4, -0.2) is 22.8 Å². The molecule has 1 atom stereocenters. The summed E-state index contributed by atoms with van der Waals surface area (Å²) in [6.45, 7) is 1.05. The van der Waals surface area contributed by atoms with Gasteiger partial charge in [-0.1, -0.05) is 6.07 Å². The molecule has 0 saturated carbocycles. The van der Waals surface area contributed by atoms with Gasteiger partial charge in [-0.2, -0.15) is 0 Å². The van der Waals surface area contributed by atoms with E-state index in [-0.39, 0.29) is 0 Å². The highest BCUT2D eigenvalue weighted by atomic mass is 32.2. The smallest absolute Gasteiger partial charge is 0.159 e. The first-order chi connectivity index (χ1) is 7.09. The predicted octanol–water partition coefficient (Wildman–Crippen LogP) is 1.43. The fourth-order valence-electron chi connectivity index (χ4n) is 1.10. The van der Waals surface area contributed by atoms with Crippen LogP contribution in [0.4, 0.5) is 8.78 Å². The van der Waals surface area contributed by atoms with Gasteiger partial charge in [0, 0.05) is 35.9 Å². The van der Waals surface area contributed by atoms with Gasteiger partial charge in [0.15, 0.2) is 11.6 Å². The maximum Gasteiger partial charge on any atom is 0.159 e. The van der Waals surface area contributed by atoms with Crippen molar-refractivity contribution < 1.29 is 13.0 Å². The molecule has 0 aromatic heterocycles. The lowest BCUT2D eigenvalue weighted by atomic mass is 10.2. The van der Waals surface area contributed by atoms with Crippen LogP contribution in [0.15, 0.2) is 18.2 Å². The van der Waals surface area contributed by atoms with Crippen LogP contribution in [0.1, 0.15) is 5.56 Å². The second kappa shape index (κ2) is 5.92. The van der Waals surface area contributed by atoms with Gasteiger partial charge < -0.3 is 5.32 Å². The minimum Gasteiger partial charge on any atom is -0.312 e. The summed E-state index contributed by atoms with van der Waals surface area (Å²) in [5.41, 5.74) is 0.677. The third-order valence-electron chi connectivity index (χ3n) is 1.88. The highest BCUT2D eigenvalue weighted by Gasteiger charge is 2.01. The SMILES string of the molecule is CS(=O)CCNCc1ccc(F)c(F)c1. The van der Waals surface area contributed by atoms with Crippen molar-refractivity contribution in [2.45, 2.75) is 6.54 Å². The van der Waals surface area contributed by atoms with Gasteiger partial charge in [-0.3, -0.25) is 4.21 Å². The van der Waals surface area contributed by atoms with E-state index >= 15 is 0 Å². The molecule has 1 rings (SSSR count). The molecule has 0 bridgehead atoms. The van der Waals surface area contributed by atoms with Crippen LogP contribution >= 0.6 is 0 Å². The molecule has 0 radical (unpaired) electrons. The second-order valence-corrected chi connectivity index (χ2v) is 4.76. The Kier molecular flexibility index (Phi) is 4.84. The summed E-state index contributed by atoms with van der Waals surface area (Å²) < 4.78 is 36.0. The van der Waals surface area contributed by atoms with Crippen molar-refractivity contribution in [3.63, 3.8) is 0 Å². The number of halogens is 2. The Morgan fingerprint density at radius 3 is 2.67 bits per heavy atom. The molecule has 1 aromatic carbocycles. The molecule has 15 heavy (non-hydrogen) atoms. The van der Waals surface area contributed by atoms with Crippen molar-refractivity contribution in [3.8, 4) is 0 Å². The Hall–Kier alpha value is -0.810. The minimum atomic E-state index is -0.839. The first kappa shape index (κ1) is 12.3. The monoisotopic (exact) mass is 233 g/mol. The van der Waals surface area contributed by atoms with Crippen molar-refractivity contribution >= 4 is 10.8 Å². The van der Waals surface area contributed by atoms with E-state index in [0.29, 0.717) is 24.4 Å². The van der Waals surface area contributed by atoms with Crippen molar-refractivity contribution in [2.24, 2.45) is 0 Å². The summed E-state index contributed by atoms with van der Waals surface area (Å²) in [7, 11) is -0.828. The zero-order valence-corrected chi connectivity index (χ0v) is 9.24. The maximum atomic E-state index is 12.8. The molecule has 0 aliphatic rings. The summed E-state index contributed by atoms with van der Waals surface area (Å²) in [5, 5.41) is 3.00. The van der Waals surface area contributed by atoms with Crippen LogP contribution < -0.4 is 5.32 Å². The quantitative estimate of drug-likeness (QED) is 0.780. The molecule has 0 saturated heterocycles. The molecule has 2 nitrogen and oxygen atoms in total. The zero-order valence-electron chi connectivity index (χ0n) is 8.43. The van der Waals surface area contributed by atoms with Crippen LogP contribution in [0.3, 0.4) is 0 Å². The van der Waals surface area contributed by atoms with Crippen LogP contribution in [-0.2, 0) is 17.3 Å². The van der Waals surface area contributed by atoms with Gasteiger partial charge in [0.1, 0.15) is 0 Å². The molecular weight excluding hydrogens is 220 g/mol. The number of hydrogen-bond donors (Lipinski definition) is 1. The minimum absolute atomic E-state index is 0.453. The largest absolute Gasteiger partial charge is 0.312 e. The lowest BCUT2D eigenvalue weighted by molar-refractivity contribution is 0.506. The molecule has 0 fully saturated rings. The Morgan fingerprint density at radius 1 is 1.33 bits per heavy atom. The van der Waals surface area contributed by atoms with Gasteiger partial charge in [0.2, 0.25) is 0 Å². The molecule has 1 N–H and O–H groups in total. The van der Waals surface area contributed by atoms with Gasteiger partial charge in [-0.05, 0) is 17.7 Å². The molecule has 5 heteroatoms. The molecule has 0 aliphatic carbocycles.